The van der Waals surface area contributed by atoms with Gasteiger partial charge in [-0.3, -0.25) is 9.69 Å². The predicted octanol–water partition coefficient (Wildman–Crippen LogP) is 4.96. The van der Waals surface area contributed by atoms with Crippen molar-refractivity contribution < 1.29 is 14.6 Å². The molecule has 0 atom stereocenters. The molecule has 0 aliphatic carbocycles. The van der Waals surface area contributed by atoms with Gasteiger partial charge >= 0.3 is 0 Å². The fourth-order valence-electron chi connectivity index (χ4n) is 3.21. The van der Waals surface area contributed by atoms with Crippen LogP contribution < -0.4 is 0 Å². The Balaban J connectivity index is 1.51. The molecule has 0 spiro atoms. The van der Waals surface area contributed by atoms with E-state index in [0.717, 1.165) is 35.0 Å². The fourth-order valence-corrected chi connectivity index (χ4v) is 4.86. The number of ether oxygens (including phenoxy) is 1. The number of aliphatic hydroxyl groups excluding tert-OH is 1. The average Bonchev–Trinajstić information content (AvgIpc) is 2.79. The number of aliphatic hydroxyl groups is 1. The minimum atomic E-state index is -0.0105. The highest BCUT2D eigenvalue weighted by Crippen LogP contribution is 2.38. The first-order chi connectivity index (χ1) is 15.5. The van der Waals surface area contributed by atoms with Gasteiger partial charge in [-0.15, -0.1) is 0 Å². The summed E-state index contributed by atoms with van der Waals surface area (Å²) in [5, 5.41) is 10.5. The highest BCUT2D eigenvalue weighted by Gasteiger charge is 2.19. The lowest BCUT2D eigenvalue weighted by Crippen LogP contribution is -2.49. The van der Waals surface area contributed by atoms with Gasteiger partial charge in [-0.25, -0.2) is 0 Å². The van der Waals surface area contributed by atoms with Gasteiger partial charge in [0.15, 0.2) is 0 Å². The van der Waals surface area contributed by atoms with Crippen LogP contribution in [0.3, 0.4) is 0 Å². The Labute approximate surface area is 207 Å². The molecule has 1 saturated heterocycles. The quantitative estimate of drug-likeness (QED) is 0.378. The van der Waals surface area contributed by atoms with Crippen molar-refractivity contribution in [2.75, 3.05) is 52.5 Å². The molecule has 0 bridgehead atoms. The molecule has 9 heteroatoms. The molecule has 1 N–H and O–H groups in total. The van der Waals surface area contributed by atoms with Gasteiger partial charge < -0.3 is 14.7 Å². The number of carbonyl (C=O) groups is 1. The van der Waals surface area contributed by atoms with Crippen LogP contribution in [0.4, 0.5) is 0 Å². The number of hydrogen-bond acceptors (Lipinski definition) is 5. The van der Waals surface area contributed by atoms with Gasteiger partial charge in [0, 0.05) is 53.6 Å². The molecular weight excluding hydrogens is 491 g/mol. The Morgan fingerprint density at radius 3 is 2.34 bits per heavy atom. The first-order valence-corrected chi connectivity index (χ1v) is 12.2. The van der Waals surface area contributed by atoms with Crippen LogP contribution in [0.25, 0.3) is 6.08 Å². The number of rotatable bonds is 9. The minimum absolute atomic E-state index is 0.0105. The summed E-state index contributed by atoms with van der Waals surface area (Å²) in [6.45, 7) is 4.79. The molecule has 3 rings (SSSR count). The second-order valence-corrected chi connectivity index (χ2v) is 9.54. The van der Waals surface area contributed by atoms with E-state index in [1.54, 1.807) is 24.3 Å². The van der Waals surface area contributed by atoms with Gasteiger partial charge in [0.2, 0.25) is 5.91 Å². The van der Waals surface area contributed by atoms with Crippen molar-refractivity contribution in [3.8, 4) is 0 Å². The molecule has 0 unspecified atom stereocenters. The molecule has 1 aliphatic rings. The number of benzene rings is 2. The Bertz CT molecular complexity index is 950. The maximum Gasteiger partial charge on any atom is 0.246 e. The standard InChI is InChI=1S/C23H25Cl3N2O3S/c24-18-3-5-22(20(26)16-18)32-21-4-1-17(15-19(21)25)2-6-23(30)28-9-7-27(8-10-28)11-13-31-14-12-29/h1-6,15-16,29H,7-14H2. The van der Waals surface area contributed by atoms with E-state index in [0.29, 0.717) is 41.4 Å². The average molecular weight is 516 g/mol. The second kappa shape index (κ2) is 12.8. The van der Waals surface area contributed by atoms with Crippen LogP contribution in [0.2, 0.25) is 15.1 Å². The maximum absolute atomic E-state index is 12.5. The molecule has 172 valence electrons. The molecular formula is C23H25Cl3N2O3S. The van der Waals surface area contributed by atoms with Gasteiger partial charge in [0.1, 0.15) is 0 Å². The first kappa shape index (κ1) is 25.4. The first-order valence-electron chi connectivity index (χ1n) is 10.3. The monoisotopic (exact) mass is 514 g/mol. The number of piperazine rings is 1. The fraction of sp³-hybridized carbons (Fsp3) is 0.348. The SMILES string of the molecule is O=C(C=Cc1ccc(Sc2ccc(Cl)cc2Cl)c(Cl)c1)N1CCN(CCOCCO)CC1. The number of amides is 1. The Morgan fingerprint density at radius 1 is 1.00 bits per heavy atom. The molecule has 0 saturated carbocycles. The number of nitrogens with zero attached hydrogens (tertiary/aromatic N) is 2. The highest BCUT2D eigenvalue weighted by molar-refractivity contribution is 7.99. The number of hydrogen-bond donors (Lipinski definition) is 1. The topological polar surface area (TPSA) is 53.0 Å². The van der Waals surface area contributed by atoms with E-state index in [4.69, 9.17) is 44.6 Å². The van der Waals surface area contributed by atoms with E-state index in [2.05, 4.69) is 4.90 Å². The van der Waals surface area contributed by atoms with Crippen LogP contribution in [0.1, 0.15) is 5.56 Å². The molecule has 2 aromatic carbocycles. The van der Waals surface area contributed by atoms with E-state index in [1.807, 2.05) is 29.2 Å². The summed E-state index contributed by atoms with van der Waals surface area (Å²) in [5.74, 6) is -0.0105. The molecule has 5 nitrogen and oxygen atoms in total. The molecule has 1 heterocycles. The summed E-state index contributed by atoms with van der Waals surface area (Å²) in [6, 6.07) is 11.0. The summed E-state index contributed by atoms with van der Waals surface area (Å²) in [6.07, 6.45) is 3.38. The zero-order chi connectivity index (χ0) is 22.9. The normalized spacial score (nSPS) is 14.9. The summed E-state index contributed by atoms with van der Waals surface area (Å²) in [7, 11) is 0. The van der Waals surface area contributed by atoms with Crippen molar-refractivity contribution in [2.45, 2.75) is 9.79 Å². The van der Waals surface area contributed by atoms with Gasteiger partial charge in [0.25, 0.3) is 0 Å². The van der Waals surface area contributed by atoms with Crippen LogP contribution in [-0.2, 0) is 9.53 Å². The molecule has 1 amide bonds. The molecule has 0 aromatic heterocycles. The van der Waals surface area contributed by atoms with E-state index >= 15 is 0 Å². The summed E-state index contributed by atoms with van der Waals surface area (Å²) >= 11 is 20.1. The zero-order valence-corrected chi connectivity index (χ0v) is 20.6. The molecule has 1 fully saturated rings. The third-order valence-electron chi connectivity index (χ3n) is 4.96. The Morgan fingerprint density at radius 2 is 1.69 bits per heavy atom. The Kier molecular flexibility index (Phi) is 10.2. The number of carbonyl (C=O) groups excluding carboxylic acids is 1. The van der Waals surface area contributed by atoms with Crippen LogP contribution in [0, 0.1) is 0 Å². The van der Waals surface area contributed by atoms with Gasteiger partial charge in [-0.05, 0) is 42.0 Å². The van der Waals surface area contributed by atoms with Crippen molar-refractivity contribution in [3.63, 3.8) is 0 Å². The van der Waals surface area contributed by atoms with Crippen molar-refractivity contribution in [1.82, 2.24) is 9.80 Å². The van der Waals surface area contributed by atoms with E-state index < -0.39 is 0 Å². The third-order valence-corrected chi connectivity index (χ3v) is 7.20. The smallest absolute Gasteiger partial charge is 0.246 e. The lowest BCUT2D eigenvalue weighted by atomic mass is 10.2. The van der Waals surface area contributed by atoms with Crippen molar-refractivity contribution in [1.29, 1.82) is 0 Å². The van der Waals surface area contributed by atoms with Crippen LogP contribution in [-0.4, -0.2) is 73.4 Å². The van der Waals surface area contributed by atoms with Gasteiger partial charge in [-0.1, -0.05) is 52.6 Å². The van der Waals surface area contributed by atoms with Crippen molar-refractivity contribution in [2.24, 2.45) is 0 Å². The van der Waals surface area contributed by atoms with Crippen LogP contribution >= 0.6 is 46.6 Å². The highest BCUT2D eigenvalue weighted by atomic mass is 35.5. The van der Waals surface area contributed by atoms with E-state index in [9.17, 15) is 4.79 Å². The predicted molar refractivity (Wildman–Crippen MR) is 132 cm³/mol. The van der Waals surface area contributed by atoms with Crippen LogP contribution in [0.5, 0.6) is 0 Å². The second-order valence-electron chi connectivity index (χ2n) is 7.20. The number of halogens is 3. The zero-order valence-electron chi connectivity index (χ0n) is 17.5. The minimum Gasteiger partial charge on any atom is -0.394 e. The molecule has 32 heavy (non-hydrogen) atoms. The largest absolute Gasteiger partial charge is 0.394 e. The molecule has 1 aliphatic heterocycles. The van der Waals surface area contributed by atoms with Crippen molar-refractivity contribution in [3.05, 3.63) is 63.1 Å². The van der Waals surface area contributed by atoms with Gasteiger partial charge in [0.05, 0.1) is 29.9 Å². The van der Waals surface area contributed by atoms with Gasteiger partial charge in [-0.2, -0.15) is 0 Å². The summed E-state index contributed by atoms with van der Waals surface area (Å²) in [4.78, 5) is 18.4. The maximum atomic E-state index is 12.5. The molecule has 0 radical (unpaired) electrons. The van der Waals surface area contributed by atoms with E-state index in [1.165, 1.54) is 11.8 Å². The molecule has 2 aromatic rings. The Hall–Kier alpha value is -1.25. The lowest BCUT2D eigenvalue weighted by molar-refractivity contribution is -0.127. The van der Waals surface area contributed by atoms with Crippen LogP contribution in [0.15, 0.2) is 52.3 Å². The lowest BCUT2D eigenvalue weighted by Gasteiger charge is -2.34. The van der Waals surface area contributed by atoms with Crippen molar-refractivity contribution >= 4 is 58.5 Å². The summed E-state index contributed by atoms with van der Waals surface area (Å²) < 4.78 is 5.30. The van der Waals surface area contributed by atoms with E-state index in [-0.39, 0.29) is 12.5 Å². The summed E-state index contributed by atoms with van der Waals surface area (Å²) in [5.41, 5.74) is 0.856. The third kappa shape index (κ3) is 7.66.